The van der Waals surface area contributed by atoms with Crippen LogP contribution in [0, 0.1) is 0 Å². The SMILES string of the molecule is CCOc1cccc(N)c1C(=O)OC(C)C(=O)NC1CC1. The summed E-state index contributed by atoms with van der Waals surface area (Å²) in [5, 5.41) is 2.79. The van der Waals surface area contributed by atoms with Crippen molar-refractivity contribution in [2.45, 2.75) is 38.8 Å². The van der Waals surface area contributed by atoms with Gasteiger partial charge in [0.2, 0.25) is 0 Å². The maximum absolute atomic E-state index is 12.2. The Balaban J connectivity index is 2.06. The summed E-state index contributed by atoms with van der Waals surface area (Å²) in [7, 11) is 0. The van der Waals surface area contributed by atoms with Crippen LogP contribution in [0.5, 0.6) is 5.75 Å². The van der Waals surface area contributed by atoms with Gasteiger partial charge in [0, 0.05) is 11.7 Å². The number of nitrogens with one attached hydrogen (secondary N) is 1. The maximum Gasteiger partial charge on any atom is 0.344 e. The van der Waals surface area contributed by atoms with Crippen LogP contribution in [0.1, 0.15) is 37.0 Å². The van der Waals surface area contributed by atoms with Crippen LogP contribution >= 0.6 is 0 Å². The van der Waals surface area contributed by atoms with E-state index in [0.717, 1.165) is 12.8 Å². The van der Waals surface area contributed by atoms with Crippen LogP contribution in [-0.4, -0.2) is 30.6 Å². The van der Waals surface area contributed by atoms with Gasteiger partial charge >= 0.3 is 5.97 Å². The average Bonchev–Trinajstić information content (AvgIpc) is 3.22. The van der Waals surface area contributed by atoms with E-state index >= 15 is 0 Å². The second-order valence-electron chi connectivity index (χ2n) is 4.98. The molecule has 1 unspecified atom stereocenters. The van der Waals surface area contributed by atoms with E-state index in [0.29, 0.717) is 12.4 Å². The van der Waals surface area contributed by atoms with Crippen molar-refractivity contribution in [3.63, 3.8) is 0 Å². The minimum Gasteiger partial charge on any atom is -0.493 e. The summed E-state index contributed by atoms with van der Waals surface area (Å²) in [6.07, 6.45) is 1.09. The van der Waals surface area contributed by atoms with E-state index in [2.05, 4.69) is 5.32 Å². The monoisotopic (exact) mass is 292 g/mol. The molecule has 6 heteroatoms. The van der Waals surface area contributed by atoms with Gasteiger partial charge in [0.15, 0.2) is 6.10 Å². The van der Waals surface area contributed by atoms with Crippen LogP contribution in [-0.2, 0) is 9.53 Å². The molecule has 0 bridgehead atoms. The Hall–Kier alpha value is -2.24. The molecule has 1 fully saturated rings. The fourth-order valence-corrected chi connectivity index (χ4v) is 1.86. The van der Waals surface area contributed by atoms with Crippen molar-refractivity contribution in [2.24, 2.45) is 0 Å². The number of amides is 1. The molecule has 0 saturated heterocycles. The fraction of sp³-hybridized carbons (Fsp3) is 0.467. The normalized spacial score (nSPS) is 15.1. The van der Waals surface area contributed by atoms with Gasteiger partial charge in [-0.3, -0.25) is 4.79 Å². The highest BCUT2D eigenvalue weighted by Crippen LogP contribution is 2.26. The Morgan fingerprint density at radius 1 is 1.43 bits per heavy atom. The summed E-state index contributed by atoms with van der Waals surface area (Å²) < 4.78 is 10.6. The van der Waals surface area contributed by atoms with Crippen molar-refractivity contribution in [3.8, 4) is 5.75 Å². The first-order chi connectivity index (χ1) is 10.0. The molecule has 0 aliphatic heterocycles. The van der Waals surface area contributed by atoms with E-state index < -0.39 is 12.1 Å². The van der Waals surface area contributed by atoms with Gasteiger partial charge in [0.25, 0.3) is 5.91 Å². The van der Waals surface area contributed by atoms with Crippen LogP contribution in [0.15, 0.2) is 18.2 Å². The van der Waals surface area contributed by atoms with Crippen LogP contribution < -0.4 is 15.8 Å². The van der Waals surface area contributed by atoms with Crippen molar-refractivity contribution in [1.82, 2.24) is 5.32 Å². The molecule has 0 aromatic heterocycles. The van der Waals surface area contributed by atoms with E-state index in [-0.39, 0.29) is 23.2 Å². The van der Waals surface area contributed by atoms with Crippen LogP contribution in [0.3, 0.4) is 0 Å². The Morgan fingerprint density at radius 3 is 2.76 bits per heavy atom. The predicted molar refractivity (Wildman–Crippen MR) is 78.1 cm³/mol. The number of benzene rings is 1. The van der Waals surface area contributed by atoms with Gasteiger partial charge in [0.1, 0.15) is 11.3 Å². The quantitative estimate of drug-likeness (QED) is 0.612. The van der Waals surface area contributed by atoms with E-state index in [1.165, 1.54) is 6.92 Å². The highest BCUT2D eigenvalue weighted by atomic mass is 16.5. The van der Waals surface area contributed by atoms with E-state index in [1.807, 2.05) is 6.92 Å². The highest BCUT2D eigenvalue weighted by Gasteiger charge is 2.28. The minimum absolute atomic E-state index is 0.158. The molecule has 2 rings (SSSR count). The molecule has 1 aliphatic carbocycles. The van der Waals surface area contributed by atoms with Crippen molar-refractivity contribution >= 4 is 17.6 Å². The van der Waals surface area contributed by atoms with Gasteiger partial charge in [-0.25, -0.2) is 4.79 Å². The lowest BCUT2D eigenvalue weighted by Crippen LogP contribution is -2.37. The zero-order valence-electron chi connectivity index (χ0n) is 12.2. The standard InChI is InChI=1S/C15H20N2O4/c1-3-20-12-6-4-5-11(16)13(12)15(19)21-9(2)14(18)17-10-7-8-10/h4-6,9-10H,3,7-8,16H2,1-2H3,(H,17,18). The van der Waals surface area contributed by atoms with Crippen molar-refractivity contribution in [3.05, 3.63) is 23.8 Å². The van der Waals surface area contributed by atoms with E-state index in [9.17, 15) is 9.59 Å². The summed E-state index contributed by atoms with van der Waals surface area (Å²) in [4.78, 5) is 24.0. The average molecular weight is 292 g/mol. The zero-order valence-corrected chi connectivity index (χ0v) is 12.2. The number of rotatable bonds is 6. The third-order valence-electron chi connectivity index (χ3n) is 3.14. The molecule has 1 saturated carbocycles. The molecular weight excluding hydrogens is 272 g/mol. The molecule has 0 spiro atoms. The molecule has 1 aliphatic rings. The number of anilines is 1. The topological polar surface area (TPSA) is 90.7 Å². The molecule has 0 heterocycles. The van der Waals surface area contributed by atoms with Crippen LogP contribution in [0.2, 0.25) is 0 Å². The largest absolute Gasteiger partial charge is 0.493 e. The molecule has 0 radical (unpaired) electrons. The first-order valence-corrected chi connectivity index (χ1v) is 7.05. The minimum atomic E-state index is -0.868. The molecular formula is C15H20N2O4. The van der Waals surface area contributed by atoms with Crippen molar-refractivity contribution < 1.29 is 19.1 Å². The Labute approximate surface area is 123 Å². The summed E-state index contributed by atoms with van der Waals surface area (Å²) in [6, 6.07) is 5.15. The lowest BCUT2D eigenvalue weighted by molar-refractivity contribution is -0.129. The maximum atomic E-state index is 12.2. The number of carbonyl (C=O) groups is 2. The molecule has 6 nitrogen and oxygen atoms in total. The van der Waals surface area contributed by atoms with Gasteiger partial charge in [-0.05, 0) is 38.8 Å². The third-order valence-corrected chi connectivity index (χ3v) is 3.14. The Bertz CT molecular complexity index is 540. The molecule has 1 amide bonds. The number of nitrogen functional groups attached to an aromatic ring is 1. The number of esters is 1. The van der Waals surface area contributed by atoms with Crippen LogP contribution in [0.4, 0.5) is 5.69 Å². The molecule has 1 atom stereocenters. The lowest BCUT2D eigenvalue weighted by Gasteiger charge is -2.16. The van der Waals surface area contributed by atoms with Crippen LogP contribution in [0.25, 0.3) is 0 Å². The third kappa shape index (κ3) is 3.87. The van der Waals surface area contributed by atoms with Gasteiger partial charge < -0.3 is 20.5 Å². The summed E-state index contributed by atoms with van der Waals surface area (Å²) in [5.41, 5.74) is 6.24. The second kappa shape index (κ2) is 6.47. The smallest absolute Gasteiger partial charge is 0.344 e. The van der Waals surface area contributed by atoms with E-state index in [1.54, 1.807) is 18.2 Å². The van der Waals surface area contributed by atoms with Crippen molar-refractivity contribution in [1.29, 1.82) is 0 Å². The number of nitrogens with two attached hydrogens (primary N) is 1. The van der Waals surface area contributed by atoms with E-state index in [4.69, 9.17) is 15.2 Å². The van der Waals surface area contributed by atoms with Gasteiger partial charge in [-0.1, -0.05) is 6.07 Å². The molecule has 114 valence electrons. The molecule has 21 heavy (non-hydrogen) atoms. The first-order valence-electron chi connectivity index (χ1n) is 7.05. The molecule has 1 aromatic rings. The second-order valence-corrected chi connectivity index (χ2v) is 4.98. The van der Waals surface area contributed by atoms with Crippen molar-refractivity contribution in [2.75, 3.05) is 12.3 Å². The predicted octanol–water partition coefficient (Wildman–Crippen LogP) is 1.49. The fourth-order valence-electron chi connectivity index (χ4n) is 1.86. The molecule has 3 N–H and O–H groups in total. The Morgan fingerprint density at radius 2 is 2.14 bits per heavy atom. The zero-order chi connectivity index (χ0) is 15.4. The summed E-state index contributed by atoms with van der Waals surface area (Å²) in [6.45, 7) is 3.75. The number of ether oxygens (including phenoxy) is 2. The van der Waals surface area contributed by atoms with Gasteiger partial charge in [0.05, 0.1) is 6.61 Å². The summed E-state index contributed by atoms with van der Waals surface area (Å²) in [5.74, 6) is -0.592. The Kier molecular flexibility index (Phi) is 4.67. The van der Waals surface area contributed by atoms with Gasteiger partial charge in [-0.15, -0.1) is 0 Å². The molecule has 1 aromatic carbocycles. The first kappa shape index (κ1) is 15.2. The summed E-state index contributed by atoms with van der Waals surface area (Å²) >= 11 is 0. The highest BCUT2D eigenvalue weighted by molar-refractivity contribution is 5.99. The lowest BCUT2D eigenvalue weighted by atomic mass is 10.1. The number of hydrogen-bond acceptors (Lipinski definition) is 5. The van der Waals surface area contributed by atoms with Gasteiger partial charge in [-0.2, -0.15) is 0 Å². The number of hydrogen-bond donors (Lipinski definition) is 2. The number of carbonyl (C=O) groups excluding carboxylic acids is 2.